The van der Waals surface area contributed by atoms with Crippen LogP contribution in [-0.4, -0.2) is 25.8 Å². The third-order valence-electron chi connectivity index (χ3n) is 3.65. The van der Waals surface area contributed by atoms with Gasteiger partial charge in [-0.05, 0) is 19.3 Å². The maximum Gasteiger partial charge on any atom is 0.0590 e. The van der Waals surface area contributed by atoms with E-state index < -0.39 is 0 Å². The minimum absolute atomic E-state index is 0.821. The van der Waals surface area contributed by atoms with E-state index in [1.807, 2.05) is 0 Å². The number of ether oxygens (including phenoxy) is 1. The second kappa shape index (κ2) is 12.0. The summed E-state index contributed by atoms with van der Waals surface area (Å²) >= 11 is 0. The summed E-state index contributed by atoms with van der Waals surface area (Å²) in [5.74, 6) is 0. The van der Waals surface area contributed by atoms with Gasteiger partial charge >= 0.3 is 0 Å². The van der Waals surface area contributed by atoms with Gasteiger partial charge in [-0.15, -0.1) is 0 Å². The number of unbranched alkanes of at least 4 members (excludes halogenated alkanes) is 8. The fourth-order valence-corrected chi connectivity index (χ4v) is 2.24. The van der Waals surface area contributed by atoms with Crippen LogP contribution in [0, 0.1) is 0 Å². The highest BCUT2D eigenvalue weighted by atomic mass is 16.5. The first-order valence-corrected chi connectivity index (χ1v) is 8.24. The van der Waals surface area contributed by atoms with Crippen LogP contribution in [0.5, 0.6) is 0 Å². The van der Waals surface area contributed by atoms with Gasteiger partial charge in [-0.25, -0.2) is 0 Å². The highest BCUT2D eigenvalue weighted by Crippen LogP contribution is 2.17. The number of nitrogens with one attached hydrogen (secondary N) is 1. The quantitative estimate of drug-likeness (QED) is 0.468. The maximum atomic E-state index is 5.61. The zero-order valence-electron chi connectivity index (χ0n) is 12.4. The molecule has 1 rings (SSSR count). The molecule has 0 aromatic heterocycles. The lowest BCUT2D eigenvalue weighted by Gasteiger charge is -2.05. The Labute approximate surface area is 114 Å². The smallest absolute Gasteiger partial charge is 0.0590 e. The van der Waals surface area contributed by atoms with Crippen molar-refractivity contribution in [3.8, 4) is 0 Å². The summed E-state index contributed by atoms with van der Waals surface area (Å²) in [5, 5.41) is 3.47. The van der Waals surface area contributed by atoms with Crippen LogP contribution >= 0.6 is 0 Å². The van der Waals surface area contributed by atoms with E-state index in [-0.39, 0.29) is 0 Å². The molecule has 0 saturated heterocycles. The molecule has 1 saturated carbocycles. The molecule has 18 heavy (non-hydrogen) atoms. The molecule has 0 atom stereocenters. The SMILES string of the molecule is CCCCCCCCCCCOCCNC1CC1. The van der Waals surface area contributed by atoms with Crippen molar-refractivity contribution >= 4 is 0 Å². The molecule has 1 fully saturated rings. The summed E-state index contributed by atoms with van der Waals surface area (Å²) in [6, 6.07) is 0.821. The van der Waals surface area contributed by atoms with E-state index in [4.69, 9.17) is 4.74 Å². The molecule has 0 unspecified atom stereocenters. The van der Waals surface area contributed by atoms with Crippen LogP contribution in [0.4, 0.5) is 0 Å². The first kappa shape index (κ1) is 16.0. The molecule has 0 aliphatic heterocycles. The van der Waals surface area contributed by atoms with Gasteiger partial charge in [-0.2, -0.15) is 0 Å². The Bertz CT molecular complexity index is 168. The zero-order valence-corrected chi connectivity index (χ0v) is 12.4. The largest absolute Gasteiger partial charge is 0.380 e. The van der Waals surface area contributed by atoms with E-state index in [1.54, 1.807) is 0 Å². The van der Waals surface area contributed by atoms with Crippen molar-refractivity contribution in [1.82, 2.24) is 5.32 Å². The van der Waals surface area contributed by atoms with Gasteiger partial charge in [-0.1, -0.05) is 58.3 Å². The number of hydrogen-bond acceptors (Lipinski definition) is 2. The van der Waals surface area contributed by atoms with Crippen molar-refractivity contribution in [1.29, 1.82) is 0 Å². The average molecular weight is 255 g/mol. The van der Waals surface area contributed by atoms with E-state index in [0.717, 1.165) is 25.8 Å². The van der Waals surface area contributed by atoms with E-state index in [2.05, 4.69) is 12.2 Å². The van der Waals surface area contributed by atoms with Gasteiger partial charge in [0.2, 0.25) is 0 Å². The fourth-order valence-electron chi connectivity index (χ4n) is 2.24. The van der Waals surface area contributed by atoms with E-state index in [0.29, 0.717) is 0 Å². The lowest BCUT2D eigenvalue weighted by Crippen LogP contribution is -2.21. The minimum Gasteiger partial charge on any atom is -0.380 e. The molecule has 0 aromatic carbocycles. The normalized spacial score (nSPS) is 15.2. The number of rotatable bonds is 14. The van der Waals surface area contributed by atoms with Crippen molar-refractivity contribution in [3.05, 3.63) is 0 Å². The van der Waals surface area contributed by atoms with Crippen molar-refractivity contribution in [2.75, 3.05) is 19.8 Å². The van der Waals surface area contributed by atoms with Gasteiger partial charge < -0.3 is 10.1 Å². The van der Waals surface area contributed by atoms with Gasteiger partial charge in [-0.3, -0.25) is 0 Å². The molecule has 1 N–H and O–H groups in total. The Kier molecular flexibility index (Phi) is 10.6. The molecular weight excluding hydrogens is 222 g/mol. The molecule has 0 bridgehead atoms. The Morgan fingerprint density at radius 2 is 1.44 bits per heavy atom. The van der Waals surface area contributed by atoms with E-state index in [9.17, 15) is 0 Å². The fraction of sp³-hybridized carbons (Fsp3) is 1.00. The summed E-state index contributed by atoms with van der Waals surface area (Å²) < 4.78 is 5.61. The van der Waals surface area contributed by atoms with Crippen molar-refractivity contribution in [3.63, 3.8) is 0 Å². The Balaban J connectivity index is 1.60. The first-order valence-electron chi connectivity index (χ1n) is 8.24. The van der Waals surface area contributed by atoms with Crippen molar-refractivity contribution in [2.24, 2.45) is 0 Å². The highest BCUT2D eigenvalue weighted by molar-refractivity contribution is 4.80. The Hall–Kier alpha value is -0.0800. The molecule has 1 aliphatic rings. The third-order valence-corrected chi connectivity index (χ3v) is 3.65. The maximum absolute atomic E-state index is 5.61. The zero-order chi connectivity index (χ0) is 12.9. The third kappa shape index (κ3) is 11.0. The minimum atomic E-state index is 0.821. The lowest BCUT2D eigenvalue weighted by molar-refractivity contribution is 0.131. The van der Waals surface area contributed by atoms with Crippen LogP contribution in [0.2, 0.25) is 0 Å². The molecule has 0 amide bonds. The van der Waals surface area contributed by atoms with Crippen LogP contribution in [0.15, 0.2) is 0 Å². The van der Waals surface area contributed by atoms with Gasteiger partial charge in [0, 0.05) is 19.2 Å². The Morgan fingerprint density at radius 3 is 2.06 bits per heavy atom. The van der Waals surface area contributed by atoms with Gasteiger partial charge in [0.25, 0.3) is 0 Å². The molecule has 2 heteroatoms. The molecule has 0 spiro atoms. The summed E-state index contributed by atoms with van der Waals surface area (Å²) in [5.41, 5.74) is 0. The Morgan fingerprint density at radius 1 is 0.833 bits per heavy atom. The molecule has 108 valence electrons. The second-order valence-corrected chi connectivity index (χ2v) is 5.67. The van der Waals surface area contributed by atoms with Crippen molar-refractivity contribution < 1.29 is 4.74 Å². The monoisotopic (exact) mass is 255 g/mol. The molecule has 0 heterocycles. The lowest BCUT2D eigenvalue weighted by atomic mass is 10.1. The molecule has 0 aromatic rings. The topological polar surface area (TPSA) is 21.3 Å². The molecule has 1 aliphatic carbocycles. The van der Waals surface area contributed by atoms with E-state index >= 15 is 0 Å². The molecular formula is C16H33NO. The summed E-state index contributed by atoms with van der Waals surface area (Å²) in [6.45, 7) is 5.18. The van der Waals surface area contributed by atoms with Crippen molar-refractivity contribution in [2.45, 2.75) is 83.6 Å². The predicted octanol–water partition coefficient (Wildman–Crippen LogP) is 4.29. The first-order chi connectivity index (χ1) is 8.93. The standard InChI is InChI=1S/C16H33NO/c1-2-3-4-5-6-7-8-9-10-14-18-15-13-17-16-11-12-16/h16-17H,2-15H2,1H3. The molecule has 0 radical (unpaired) electrons. The predicted molar refractivity (Wildman–Crippen MR) is 79.1 cm³/mol. The van der Waals surface area contributed by atoms with Crippen LogP contribution in [0.1, 0.15) is 77.6 Å². The highest BCUT2D eigenvalue weighted by Gasteiger charge is 2.19. The van der Waals surface area contributed by atoms with Gasteiger partial charge in [0.05, 0.1) is 6.61 Å². The summed E-state index contributed by atoms with van der Waals surface area (Å²) in [7, 11) is 0. The summed E-state index contributed by atoms with van der Waals surface area (Å²) in [4.78, 5) is 0. The van der Waals surface area contributed by atoms with Crippen LogP contribution in [0.25, 0.3) is 0 Å². The average Bonchev–Trinajstić information content (AvgIpc) is 3.19. The van der Waals surface area contributed by atoms with E-state index in [1.165, 1.54) is 70.6 Å². The van der Waals surface area contributed by atoms with Gasteiger partial charge in [0.1, 0.15) is 0 Å². The number of hydrogen-bond donors (Lipinski definition) is 1. The summed E-state index contributed by atoms with van der Waals surface area (Å²) in [6.07, 6.45) is 15.3. The van der Waals surface area contributed by atoms with Gasteiger partial charge in [0.15, 0.2) is 0 Å². The van der Waals surface area contributed by atoms with Crippen LogP contribution in [-0.2, 0) is 4.74 Å². The molecule has 2 nitrogen and oxygen atoms in total. The van der Waals surface area contributed by atoms with Crippen LogP contribution < -0.4 is 5.32 Å². The van der Waals surface area contributed by atoms with Crippen LogP contribution in [0.3, 0.4) is 0 Å². The second-order valence-electron chi connectivity index (χ2n) is 5.67.